The van der Waals surface area contributed by atoms with E-state index in [0.717, 1.165) is 16.9 Å². The van der Waals surface area contributed by atoms with Crippen molar-refractivity contribution >= 4 is 15.9 Å². The lowest BCUT2D eigenvalue weighted by Gasteiger charge is -2.18. The summed E-state index contributed by atoms with van der Waals surface area (Å²) in [6, 6.07) is 19.8. The van der Waals surface area contributed by atoms with Crippen molar-refractivity contribution in [2.75, 3.05) is 0 Å². The molecule has 8 heteroatoms. The van der Waals surface area contributed by atoms with Crippen LogP contribution in [0.5, 0.6) is 5.75 Å². The van der Waals surface area contributed by atoms with Crippen molar-refractivity contribution in [3.63, 3.8) is 0 Å². The van der Waals surface area contributed by atoms with E-state index in [2.05, 4.69) is 10.0 Å². The Morgan fingerprint density at radius 2 is 1.61 bits per heavy atom. The maximum atomic E-state index is 12.3. The van der Waals surface area contributed by atoms with Gasteiger partial charge in [-0.2, -0.15) is 0 Å². The van der Waals surface area contributed by atoms with E-state index >= 15 is 0 Å². The number of nitrogens with one attached hydrogen (secondary N) is 2. The molecule has 2 aromatic carbocycles. The van der Waals surface area contributed by atoms with Crippen LogP contribution in [0.1, 0.15) is 42.5 Å². The molecule has 1 heterocycles. The first-order valence-electron chi connectivity index (χ1n) is 9.80. The van der Waals surface area contributed by atoms with Crippen molar-refractivity contribution < 1.29 is 22.4 Å². The van der Waals surface area contributed by atoms with Crippen molar-refractivity contribution in [3.8, 4) is 5.75 Å². The quantitative estimate of drug-likeness (QED) is 0.552. The number of ether oxygens (including phenoxy) is 1. The lowest BCUT2D eigenvalue weighted by Crippen LogP contribution is -2.40. The molecule has 0 radical (unpaired) electrons. The number of hydrogen-bond donors (Lipinski definition) is 2. The van der Waals surface area contributed by atoms with Gasteiger partial charge < -0.3 is 14.5 Å². The van der Waals surface area contributed by atoms with Gasteiger partial charge in [0.05, 0.1) is 0 Å². The summed E-state index contributed by atoms with van der Waals surface area (Å²) in [5, 5.41) is 2.42. The van der Waals surface area contributed by atoms with Crippen LogP contribution in [0.2, 0.25) is 0 Å². The van der Waals surface area contributed by atoms with Crippen LogP contribution in [0.25, 0.3) is 0 Å². The summed E-state index contributed by atoms with van der Waals surface area (Å²) in [7, 11) is -3.84. The molecule has 1 aromatic heterocycles. The van der Waals surface area contributed by atoms with Crippen LogP contribution in [-0.4, -0.2) is 19.9 Å². The second-order valence-electron chi connectivity index (χ2n) is 8.08. The van der Waals surface area contributed by atoms with Gasteiger partial charge in [0, 0.05) is 12.1 Å². The van der Waals surface area contributed by atoms with E-state index in [-0.39, 0.29) is 17.4 Å². The molecule has 2 N–H and O–H groups in total. The van der Waals surface area contributed by atoms with E-state index in [4.69, 9.17) is 9.15 Å². The highest BCUT2D eigenvalue weighted by Gasteiger charge is 2.26. The molecule has 0 aliphatic heterocycles. The highest BCUT2D eigenvalue weighted by atomic mass is 32.2. The molecule has 0 spiro atoms. The number of hydrogen-bond acceptors (Lipinski definition) is 5. The summed E-state index contributed by atoms with van der Waals surface area (Å²) < 4.78 is 38.1. The number of carbonyl (C=O) groups is 1. The van der Waals surface area contributed by atoms with Crippen molar-refractivity contribution in [3.05, 3.63) is 83.6 Å². The number of benzene rings is 2. The average Bonchev–Trinajstić information content (AvgIpc) is 3.22. The zero-order valence-corrected chi connectivity index (χ0v) is 18.5. The molecule has 7 nitrogen and oxygen atoms in total. The minimum atomic E-state index is -3.84. The molecule has 0 atom stereocenters. The summed E-state index contributed by atoms with van der Waals surface area (Å²) in [6.45, 7) is 5.91. The summed E-state index contributed by atoms with van der Waals surface area (Å²) in [4.78, 5) is 12.3. The minimum Gasteiger partial charge on any atom is -0.489 e. The first-order valence-corrected chi connectivity index (χ1v) is 11.3. The van der Waals surface area contributed by atoms with Crippen LogP contribution in [0, 0.1) is 0 Å². The molecule has 3 rings (SSSR count). The van der Waals surface area contributed by atoms with Crippen molar-refractivity contribution in [1.29, 1.82) is 0 Å². The first kappa shape index (κ1) is 22.6. The number of furan rings is 1. The van der Waals surface area contributed by atoms with Gasteiger partial charge in [0.1, 0.15) is 12.4 Å². The van der Waals surface area contributed by atoms with Crippen LogP contribution in [0.3, 0.4) is 0 Å². The van der Waals surface area contributed by atoms with Crippen molar-refractivity contribution in [2.45, 2.75) is 44.6 Å². The Balaban J connectivity index is 1.53. The monoisotopic (exact) mass is 442 g/mol. The Labute approximate surface area is 182 Å². The molecule has 0 fully saturated rings. The second-order valence-corrected chi connectivity index (χ2v) is 9.69. The molecule has 1 amide bonds. The topological polar surface area (TPSA) is 97.6 Å². The van der Waals surface area contributed by atoms with Crippen molar-refractivity contribution in [1.82, 2.24) is 10.0 Å². The molecule has 0 saturated carbocycles. The van der Waals surface area contributed by atoms with E-state index in [9.17, 15) is 13.2 Å². The van der Waals surface area contributed by atoms with Gasteiger partial charge in [-0.1, -0.05) is 42.5 Å². The van der Waals surface area contributed by atoms with Crippen molar-refractivity contribution in [2.24, 2.45) is 0 Å². The largest absolute Gasteiger partial charge is 0.489 e. The third-order valence-electron chi connectivity index (χ3n) is 4.14. The fourth-order valence-electron chi connectivity index (χ4n) is 2.75. The summed E-state index contributed by atoms with van der Waals surface area (Å²) in [6.07, 6.45) is 0. The fourth-order valence-corrected chi connectivity index (χ4v) is 4.11. The molecule has 0 aliphatic carbocycles. The molecular formula is C23H26N2O5S. The summed E-state index contributed by atoms with van der Waals surface area (Å²) >= 11 is 0. The van der Waals surface area contributed by atoms with E-state index in [1.165, 1.54) is 12.1 Å². The number of carbonyl (C=O) groups excluding carboxylic acids is 1. The van der Waals surface area contributed by atoms with Crippen LogP contribution in [0.4, 0.5) is 0 Å². The Morgan fingerprint density at radius 3 is 2.26 bits per heavy atom. The van der Waals surface area contributed by atoms with Crippen LogP contribution < -0.4 is 14.8 Å². The maximum Gasteiger partial charge on any atom is 0.287 e. The van der Waals surface area contributed by atoms with Crippen LogP contribution in [-0.2, 0) is 23.2 Å². The third kappa shape index (κ3) is 6.70. The zero-order chi connectivity index (χ0) is 22.5. The second kappa shape index (κ2) is 9.36. The van der Waals surface area contributed by atoms with E-state index < -0.39 is 21.5 Å². The number of sulfonamides is 1. The molecular weight excluding hydrogens is 416 g/mol. The fraction of sp³-hybridized carbons (Fsp3) is 0.261. The Kier molecular flexibility index (Phi) is 6.82. The predicted molar refractivity (Wildman–Crippen MR) is 117 cm³/mol. The lowest BCUT2D eigenvalue weighted by molar-refractivity contribution is 0.0918. The Hall–Kier alpha value is -3.10. The lowest BCUT2D eigenvalue weighted by atomic mass is 10.1. The van der Waals surface area contributed by atoms with Crippen LogP contribution in [0.15, 0.2) is 76.2 Å². The molecule has 31 heavy (non-hydrogen) atoms. The Bertz CT molecular complexity index is 1110. The van der Waals surface area contributed by atoms with Gasteiger partial charge in [-0.3, -0.25) is 4.79 Å². The normalized spacial score (nSPS) is 11.8. The molecule has 0 unspecified atom stereocenters. The molecule has 164 valence electrons. The zero-order valence-electron chi connectivity index (χ0n) is 17.7. The molecule has 0 aliphatic rings. The van der Waals surface area contributed by atoms with Gasteiger partial charge in [-0.15, -0.1) is 0 Å². The average molecular weight is 443 g/mol. The highest BCUT2D eigenvalue weighted by Crippen LogP contribution is 2.17. The Morgan fingerprint density at radius 1 is 0.935 bits per heavy atom. The van der Waals surface area contributed by atoms with E-state index in [1.54, 1.807) is 20.8 Å². The maximum absolute atomic E-state index is 12.3. The highest BCUT2D eigenvalue weighted by molar-refractivity contribution is 7.89. The SMILES string of the molecule is CC(C)(C)NS(=O)(=O)c1ccc(C(=O)NCc2ccc(OCc3ccccc3)cc2)o1. The number of amides is 1. The summed E-state index contributed by atoms with van der Waals surface area (Å²) in [5.74, 6) is 0.157. The minimum absolute atomic E-state index is 0.0721. The van der Waals surface area contributed by atoms with Gasteiger partial charge in [0.15, 0.2) is 5.76 Å². The van der Waals surface area contributed by atoms with Gasteiger partial charge in [-0.25, -0.2) is 13.1 Å². The third-order valence-corrected chi connectivity index (χ3v) is 5.77. The predicted octanol–water partition coefficient (Wildman–Crippen LogP) is 3.87. The van der Waals surface area contributed by atoms with E-state index in [0.29, 0.717) is 6.61 Å². The van der Waals surface area contributed by atoms with Gasteiger partial charge in [0.2, 0.25) is 5.09 Å². The molecule has 0 bridgehead atoms. The standard InChI is InChI=1S/C23H26N2O5S/c1-23(2,3)25-31(27,28)21-14-13-20(30-21)22(26)24-15-17-9-11-19(12-10-17)29-16-18-7-5-4-6-8-18/h4-14,25H,15-16H2,1-3H3,(H,24,26). The van der Waals surface area contributed by atoms with Crippen LogP contribution >= 0.6 is 0 Å². The number of rotatable bonds is 8. The molecule has 0 saturated heterocycles. The van der Waals surface area contributed by atoms with Gasteiger partial charge >= 0.3 is 0 Å². The summed E-state index contributed by atoms with van der Waals surface area (Å²) in [5.41, 5.74) is 1.29. The van der Waals surface area contributed by atoms with Gasteiger partial charge in [0.25, 0.3) is 15.9 Å². The first-order chi connectivity index (χ1) is 14.6. The smallest absolute Gasteiger partial charge is 0.287 e. The molecule has 3 aromatic rings. The van der Waals surface area contributed by atoms with E-state index in [1.807, 2.05) is 54.6 Å². The van der Waals surface area contributed by atoms with Gasteiger partial charge in [-0.05, 0) is 56.2 Å².